The van der Waals surface area contributed by atoms with Crippen LogP contribution in [0.25, 0.3) is 0 Å². The normalized spacial score (nSPS) is 11.3. The van der Waals surface area contributed by atoms with Gasteiger partial charge < -0.3 is 9.80 Å². The maximum Gasteiger partial charge on any atom is 0.129 e. The molecule has 5 heteroatoms. The molecule has 1 aromatic carbocycles. The highest BCUT2D eigenvalue weighted by Crippen LogP contribution is 2.25. The lowest BCUT2D eigenvalue weighted by Crippen LogP contribution is -2.34. The second-order valence-electron chi connectivity index (χ2n) is 5.77. The highest BCUT2D eigenvalue weighted by atomic mass is 35.5. The Morgan fingerprint density at radius 3 is 2.13 bits per heavy atom. The summed E-state index contributed by atoms with van der Waals surface area (Å²) in [5.41, 5.74) is 2.62. The molecule has 1 atom stereocenters. The highest BCUT2D eigenvalue weighted by Gasteiger charge is 2.17. The number of benzene rings is 1. The van der Waals surface area contributed by atoms with Gasteiger partial charge in [0.2, 0.25) is 0 Å². The van der Waals surface area contributed by atoms with Crippen molar-refractivity contribution in [3.63, 3.8) is 0 Å². The number of aryl methyl sites for hydroxylation is 1. The Kier molecular flexibility index (Phi) is 9.89. The molecule has 0 radical (unpaired) electrons. The van der Waals surface area contributed by atoms with Crippen LogP contribution in [0.1, 0.15) is 24.1 Å². The lowest BCUT2D eigenvalue weighted by molar-refractivity contribution is 0.406. The van der Waals surface area contributed by atoms with Crippen LogP contribution < -0.4 is 4.90 Å². The highest BCUT2D eigenvalue weighted by molar-refractivity contribution is 5.85. The first-order valence-corrected chi connectivity index (χ1v) is 7.47. The van der Waals surface area contributed by atoms with Gasteiger partial charge in [-0.3, -0.25) is 0 Å². The number of halogens is 2. The van der Waals surface area contributed by atoms with E-state index in [9.17, 15) is 0 Å². The Balaban J connectivity index is 0.00000242. The van der Waals surface area contributed by atoms with Gasteiger partial charge in [-0.05, 0) is 45.6 Å². The van der Waals surface area contributed by atoms with E-state index in [1.807, 2.05) is 18.3 Å². The van der Waals surface area contributed by atoms with E-state index >= 15 is 0 Å². The van der Waals surface area contributed by atoms with Gasteiger partial charge in [0.05, 0.1) is 6.04 Å². The minimum absolute atomic E-state index is 0. The van der Waals surface area contributed by atoms with Gasteiger partial charge in [-0.15, -0.1) is 24.8 Å². The number of aromatic nitrogens is 1. The predicted molar refractivity (Wildman–Crippen MR) is 104 cm³/mol. The third-order valence-corrected chi connectivity index (χ3v) is 3.76. The van der Waals surface area contributed by atoms with E-state index in [2.05, 4.69) is 73.1 Å². The molecule has 0 aliphatic heterocycles. The van der Waals surface area contributed by atoms with Gasteiger partial charge in [-0.2, -0.15) is 0 Å². The molecule has 0 spiro atoms. The topological polar surface area (TPSA) is 19.4 Å². The molecule has 0 amide bonds. The van der Waals surface area contributed by atoms with Crippen LogP contribution >= 0.6 is 24.8 Å². The van der Waals surface area contributed by atoms with E-state index in [4.69, 9.17) is 0 Å². The first-order chi connectivity index (χ1) is 10.1. The third kappa shape index (κ3) is 6.38. The zero-order chi connectivity index (χ0) is 15.2. The van der Waals surface area contributed by atoms with Crippen molar-refractivity contribution in [2.24, 2.45) is 0 Å². The summed E-state index contributed by atoms with van der Waals surface area (Å²) in [5.74, 6) is 1.03. The van der Waals surface area contributed by atoms with Gasteiger partial charge in [-0.25, -0.2) is 4.98 Å². The summed E-state index contributed by atoms with van der Waals surface area (Å²) in [6, 6.07) is 15.2. The quantitative estimate of drug-likeness (QED) is 0.767. The van der Waals surface area contributed by atoms with Crippen LogP contribution in [-0.4, -0.2) is 37.1 Å². The summed E-state index contributed by atoms with van der Waals surface area (Å²) >= 11 is 0. The molecule has 0 fully saturated rings. The number of nitrogens with zero attached hydrogens (tertiary/aromatic N) is 3. The molecule has 3 nitrogen and oxygen atoms in total. The maximum atomic E-state index is 4.53. The summed E-state index contributed by atoms with van der Waals surface area (Å²) in [6.45, 7) is 6.33. The van der Waals surface area contributed by atoms with Crippen molar-refractivity contribution in [2.75, 3.05) is 32.1 Å². The van der Waals surface area contributed by atoms with Crippen LogP contribution in [0.15, 0.2) is 48.7 Å². The van der Waals surface area contributed by atoms with Gasteiger partial charge in [-0.1, -0.05) is 35.9 Å². The van der Waals surface area contributed by atoms with E-state index in [-0.39, 0.29) is 24.8 Å². The van der Waals surface area contributed by atoms with Crippen molar-refractivity contribution in [1.29, 1.82) is 0 Å². The number of anilines is 1. The van der Waals surface area contributed by atoms with Crippen LogP contribution in [0.5, 0.6) is 0 Å². The molecule has 0 bridgehead atoms. The van der Waals surface area contributed by atoms with Gasteiger partial charge in [0.25, 0.3) is 0 Å². The third-order valence-electron chi connectivity index (χ3n) is 3.76. The smallest absolute Gasteiger partial charge is 0.129 e. The van der Waals surface area contributed by atoms with E-state index in [1.165, 1.54) is 11.1 Å². The van der Waals surface area contributed by atoms with Crippen molar-refractivity contribution in [3.05, 3.63) is 59.8 Å². The van der Waals surface area contributed by atoms with E-state index < -0.39 is 0 Å². The van der Waals surface area contributed by atoms with Gasteiger partial charge in [0, 0.05) is 19.3 Å². The first-order valence-electron chi connectivity index (χ1n) is 7.47. The standard InChI is InChI=1S/C18H25N3.2ClH/c1-15-8-10-17(11-9-15)16(2)21(14-13-20(3)4)18-7-5-6-12-19-18;;/h5-12,16H,13-14H2,1-4H3;2*1H. The number of hydrogen-bond acceptors (Lipinski definition) is 3. The predicted octanol–water partition coefficient (Wildman–Crippen LogP) is 4.36. The van der Waals surface area contributed by atoms with Crippen molar-refractivity contribution in [2.45, 2.75) is 19.9 Å². The molecule has 1 heterocycles. The molecule has 0 aliphatic carbocycles. The zero-order valence-electron chi connectivity index (χ0n) is 14.3. The summed E-state index contributed by atoms with van der Waals surface area (Å²) in [6.07, 6.45) is 1.86. The Morgan fingerprint density at radius 2 is 1.61 bits per heavy atom. The van der Waals surface area contributed by atoms with Crippen molar-refractivity contribution in [1.82, 2.24) is 9.88 Å². The zero-order valence-corrected chi connectivity index (χ0v) is 15.9. The van der Waals surface area contributed by atoms with Crippen molar-refractivity contribution in [3.8, 4) is 0 Å². The van der Waals surface area contributed by atoms with Crippen molar-refractivity contribution >= 4 is 30.6 Å². The van der Waals surface area contributed by atoms with Crippen LogP contribution in [0.3, 0.4) is 0 Å². The Hall–Kier alpha value is -1.29. The Morgan fingerprint density at radius 1 is 0.957 bits per heavy atom. The molecule has 2 aromatic rings. The first kappa shape index (κ1) is 21.7. The fourth-order valence-corrected chi connectivity index (χ4v) is 2.36. The van der Waals surface area contributed by atoms with Gasteiger partial charge in [0.15, 0.2) is 0 Å². The second kappa shape index (κ2) is 10.5. The minimum Gasteiger partial charge on any atom is -0.349 e. The summed E-state index contributed by atoms with van der Waals surface area (Å²) < 4.78 is 0. The lowest BCUT2D eigenvalue weighted by atomic mass is 10.0. The molecule has 1 unspecified atom stereocenters. The van der Waals surface area contributed by atoms with Crippen molar-refractivity contribution < 1.29 is 0 Å². The molecule has 1 aromatic heterocycles. The monoisotopic (exact) mass is 355 g/mol. The molecule has 0 N–H and O–H groups in total. The number of rotatable bonds is 6. The summed E-state index contributed by atoms with van der Waals surface area (Å²) in [4.78, 5) is 9.10. The molecule has 2 rings (SSSR count). The molecule has 0 saturated carbocycles. The molecule has 128 valence electrons. The van der Waals surface area contributed by atoms with E-state index in [1.54, 1.807) is 0 Å². The van der Waals surface area contributed by atoms with Crippen LogP contribution in [0.4, 0.5) is 5.82 Å². The summed E-state index contributed by atoms with van der Waals surface area (Å²) in [7, 11) is 4.21. The molecular formula is C18H27Cl2N3. The minimum atomic E-state index is 0. The molecule has 0 aliphatic rings. The lowest BCUT2D eigenvalue weighted by Gasteiger charge is -2.31. The Bertz CT molecular complexity index is 544. The fraction of sp³-hybridized carbons (Fsp3) is 0.389. The van der Waals surface area contributed by atoms with Gasteiger partial charge in [0.1, 0.15) is 5.82 Å². The second-order valence-corrected chi connectivity index (χ2v) is 5.77. The van der Waals surface area contributed by atoms with Gasteiger partial charge >= 0.3 is 0 Å². The number of likely N-dealkylation sites (N-methyl/N-ethyl adjacent to an activating group) is 1. The average molecular weight is 356 g/mol. The molecule has 23 heavy (non-hydrogen) atoms. The fourth-order valence-electron chi connectivity index (χ4n) is 2.36. The average Bonchev–Trinajstić information content (AvgIpc) is 2.49. The molecule has 0 saturated heterocycles. The summed E-state index contributed by atoms with van der Waals surface area (Å²) in [5, 5.41) is 0. The van der Waals surface area contributed by atoms with Crippen LogP contribution in [-0.2, 0) is 0 Å². The largest absolute Gasteiger partial charge is 0.349 e. The van der Waals surface area contributed by atoms with Crippen LogP contribution in [0, 0.1) is 6.92 Å². The Labute approximate surface area is 152 Å². The SMILES string of the molecule is Cc1ccc(C(C)N(CCN(C)C)c2ccccn2)cc1.Cl.Cl. The number of pyridine rings is 1. The van der Waals surface area contributed by atoms with E-state index in [0.717, 1.165) is 18.9 Å². The molecular weight excluding hydrogens is 329 g/mol. The van der Waals surface area contributed by atoms with E-state index in [0.29, 0.717) is 6.04 Å². The number of hydrogen-bond donors (Lipinski definition) is 0. The van der Waals surface area contributed by atoms with Crippen LogP contribution in [0.2, 0.25) is 0 Å². The maximum absolute atomic E-state index is 4.53.